The molecule has 0 unspecified atom stereocenters. The molecule has 0 aliphatic rings. The molecular formula is C21H27N3O3. The molecule has 6 heteroatoms. The van der Waals surface area contributed by atoms with E-state index < -0.39 is 0 Å². The average molecular weight is 369 g/mol. The molecule has 0 fully saturated rings. The van der Waals surface area contributed by atoms with E-state index in [1.54, 1.807) is 24.3 Å². The Morgan fingerprint density at radius 1 is 1.04 bits per heavy atom. The smallest absolute Gasteiger partial charge is 0.251 e. The summed E-state index contributed by atoms with van der Waals surface area (Å²) in [6.07, 6.45) is 0. The number of hydrogen-bond acceptors (Lipinski definition) is 4. The van der Waals surface area contributed by atoms with Crippen molar-refractivity contribution < 1.29 is 14.3 Å². The molecule has 0 radical (unpaired) electrons. The first kappa shape index (κ1) is 20.3. The van der Waals surface area contributed by atoms with Gasteiger partial charge in [-0.25, -0.2) is 0 Å². The lowest BCUT2D eigenvalue weighted by Crippen LogP contribution is -2.23. The zero-order valence-electron chi connectivity index (χ0n) is 16.0. The summed E-state index contributed by atoms with van der Waals surface area (Å²) in [4.78, 5) is 24.1. The Hall–Kier alpha value is -3.02. The Morgan fingerprint density at radius 2 is 1.78 bits per heavy atom. The third kappa shape index (κ3) is 7.01. The SMILES string of the molecule is CCNC(=O)c1cccc(NCC(=O)Nc2cccc(OCC(C)C)c2)c1. The van der Waals surface area contributed by atoms with E-state index in [1.165, 1.54) is 0 Å². The lowest BCUT2D eigenvalue weighted by molar-refractivity contribution is -0.114. The number of amides is 2. The van der Waals surface area contributed by atoms with Gasteiger partial charge in [-0.1, -0.05) is 26.0 Å². The predicted octanol–water partition coefficient (Wildman–Crippen LogP) is 3.52. The number of carbonyl (C=O) groups excluding carboxylic acids is 2. The second kappa shape index (κ2) is 10.2. The van der Waals surface area contributed by atoms with Crippen LogP contribution < -0.4 is 20.7 Å². The molecule has 0 saturated heterocycles. The van der Waals surface area contributed by atoms with Crippen molar-refractivity contribution >= 4 is 23.2 Å². The first-order chi connectivity index (χ1) is 13.0. The number of carbonyl (C=O) groups is 2. The van der Waals surface area contributed by atoms with Crippen LogP contribution in [0.1, 0.15) is 31.1 Å². The van der Waals surface area contributed by atoms with Crippen LogP contribution in [0.5, 0.6) is 5.75 Å². The van der Waals surface area contributed by atoms with E-state index in [2.05, 4.69) is 29.8 Å². The van der Waals surface area contributed by atoms with Gasteiger partial charge in [0.2, 0.25) is 5.91 Å². The molecule has 2 aromatic carbocycles. The number of ether oxygens (including phenoxy) is 1. The van der Waals surface area contributed by atoms with E-state index in [0.717, 1.165) is 5.75 Å². The third-order valence-electron chi connectivity index (χ3n) is 3.62. The fourth-order valence-corrected chi connectivity index (χ4v) is 2.35. The van der Waals surface area contributed by atoms with Gasteiger partial charge in [-0.15, -0.1) is 0 Å². The third-order valence-corrected chi connectivity index (χ3v) is 3.62. The van der Waals surface area contributed by atoms with Gasteiger partial charge in [-0.05, 0) is 43.2 Å². The van der Waals surface area contributed by atoms with Gasteiger partial charge in [-0.2, -0.15) is 0 Å². The molecule has 0 bridgehead atoms. The summed E-state index contributed by atoms with van der Waals surface area (Å²) >= 11 is 0. The maximum Gasteiger partial charge on any atom is 0.251 e. The summed E-state index contributed by atoms with van der Waals surface area (Å²) in [5.74, 6) is 0.843. The van der Waals surface area contributed by atoms with Crippen LogP contribution in [-0.4, -0.2) is 31.5 Å². The van der Waals surface area contributed by atoms with Gasteiger partial charge in [-0.3, -0.25) is 9.59 Å². The van der Waals surface area contributed by atoms with Gasteiger partial charge in [0.05, 0.1) is 13.2 Å². The van der Waals surface area contributed by atoms with Gasteiger partial charge < -0.3 is 20.7 Å². The molecule has 0 spiro atoms. The summed E-state index contributed by atoms with van der Waals surface area (Å²) in [5, 5.41) is 8.62. The van der Waals surface area contributed by atoms with E-state index in [1.807, 2.05) is 31.2 Å². The molecule has 2 rings (SSSR count). The lowest BCUT2D eigenvalue weighted by Gasteiger charge is -2.11. The Bertz CT molecular complexity index is 775. The van der Waals surface area contributed by atoms with Gasteiger partial charge >= 0.3 is 0 Å². The Balaban J connectivity index is 1.88. The van der Waals surface area contributed by atoms with Crippen LogP contribution in [0.15, 0.2) is 48.5 Å². The molecule has 0 atom stereocenters. The zero-order valence-corrected chi connectivity index (χ0v) is 16.0. The van der Waals surface area contributed by atoms with Crippen LogP contribution in [0.25, 0.3) is 0 Å². The highest BCUT2D eigenvalue weighted by atomic mass is 16.5. The van der Waals surface area contributed by atoms with Gasteiger partial charge in [0.15, 0.2) is 0 Å². The minimum atomic E-state index is -0.181. The predicted molar refractivity (Wildman–Crippen MR) is 108 cm³/mol. The molecule has 6 nitrogen and oxygen atoms in total. The summed E-state index contributed by atoms with van der Waals surface area (Å²) in [5.41, 5.74) is 1.94. The van der Waals surface area contributed by atoms with Crippen LogP contribution in [-0.2, 0) is 4.79 Å². The number of rotatable bonds is 9. The largest absolute Gasteiger partial charge is 0.493 e. The van der Waals surface area contributed by atoms with Crippen molar-refractivity contribution in [2.75, 3.05) is 30.3 Å². The number of anilines is 2. The fraction of sp³-hybridized carbons (Fsp3) is 0.333. The molecule has 0 aliphatic carbocycles. The van der Waals surface area contributed by atoms with E-state index >= 15 is 0 Å². The second-order valence-corrected chi connectivity index (χ2v) is 6.57. The van der Waals surface area contributed by atoms with Crippen molar-refractivity contribution in [3.63, 3.8) is 0 Å². The zero-order chi connectivity index (χ0) is 19.6. The summed E-state index contributed by atoms with van der Waals surface area (Å²) in [6, 6.07) is 14.4. The van der Waals surface area contributed by atoms with Gasteiger partial charge in [0.25, 0.3) is 5.91 Å². The Morgan fingerprint density at radius 3 is 2.52 bits per heavy atom. The van der Waals surface area contributed by atoms with Crippen LogP contribution in [0, 0.1) is 5.92 Å². The average Bonchev–Trinajstić information content (AvgIpc) is 2.65. The normalized spacial score (nSPS) is 10.4. The quantitative estimate of drug-likeness (QED) is 0.632. The molecule has 2 aromatic rings. The maximum absolute atomic E-state index is 12.2. The topological polar surface area (TPSA) is 79.5 Å². The highest BCUT2D eigenvalue weighted by Gasteiger charge is 2.07. The van der Waals surface area contributed by atoms with Crippen molar-refractivity contribution in [3.05, 3.63) is 54.1 Å². The minimum absolute atomic E-state index is 0.0932. The van der Waals surface area contributed by atoms with Crippen molar-refractivity contribution in [2.24, 2.45) is 5.92 Å². The van der Waals surface area contributed by atoms with Crippen molar-refractivity contribution in [3.8, 4) is 5.75 Å². The number of hydrogen-bond donors (Lipinski definition) is 3. The summed E-state index contributed by atoms with van der Waals surface area (Å²) in [6.45, 7) is 7.32. The minimum Gasteiger partial charge on any atom is -0.493 e. The molecule has 27 heavy (non-hydrogen) atoms. The fourth-order valence-electron chi connectivity index (χ4n) is 2.35. The number of benzene rings is 2. The summed E-state index contributed by atoms with van der Waals surface area (Å²) < 4.78 is 5.67. The molecule has 3 N–H and O–H groups in total. The van der Waals surface area contributed by atoms with Crippen LogP contribution >= 0.6 is 0 Å². The first-order valence-electron chi connectivity index (χ1n) is 9.12. The Labute approximate surface area is 160 Å². The molecule has 0 aromatic heterocycles. The van der Waals surface area contributed by atoms with Crippen LogP contribution in [0.2, 0.25) is 0 Å². The molecule has 0 heterocycles. The van der Waals surface area contributed by atoms with E-state index in [0.29, 0.717) is 36.0 Å². The van der Waals surface area contributed by atoms with E-state index in [4.69, 9.17) is 4.74 Å². The molecule has 0 saturated carbocycles. The maximum atomic E-state index is 12.2. The molecule has 0 aliphatic heterocycles. The van der Waals surface area contributed by atoms with Gasteiger partial charge in [0.1, 0.15) is 5.75 Å². The summed E-state index contributed by atoms with van der Waals surface area (Å²) in [7, 11) is 0. The molecular weight excluding hydrogens is 342 g/mol. The van der Waals surface area contributed by atoms with Gasteiger partial charge in [0, 0.05) is 29.5 Å². The van der Waals surface area contributed by atoms with E-state index in [-0.39, 0.29) is 18.4 Å². The van der Waals surface area contributed by atoms with Crippen molar-refractivity contribution in [1.29, 1.82) is 0 Å². The van der Waals surface area contributed by atoms with Crippen molar-refractivity contribution in [1.82, 2.24) is 5.32 Å². The monoisotopic (exact) mass is 369 g/mol. The Kier molecular flexibility index (Phi) is 7.67. The standard InChI is InChI=1S/C21H27N3O3/c1-4-22-21(26)16-7-5-8-17(11-16)23-13-20(25)24-18-9-6-10-19(12-18)27-14-15(2)3/h5-12,15,23H,4,13-14H2,1-3H3,(H,22,26)(H,24,25). The first-order valence-corrected chi connectivity index (χ1v) is 9.12. The van der Waals surface area contributed by atoms with Crippen molar-refractivity contribution in [2.45, 2.75) is 20.8 Å². The highest BCUT2D eigenvalue weighted by Crippen LogP contribution is 2.18. The second-order valence-electron chi connectivity index (χ2n) is 6.57. The molecule has 144 valence electrons. The molecule has 2 amide bonds. The lowest BCUT2D eigenvalue weighted by atomic mass is 10.2. The highest BCUT2D eigenvalue weighted by molar-refractivity contribution is 5.96. The van der Waals surface area contributed by atoms with Crippen LogP contribution in [0.4, 0.5) is 11.4 Å². The number of nitrogens with one attached hydrogen (secondary N) is 3. The van der Waals surface area contributed by atoms with E-state index in [9.17, 15) is 9.59 Å². The van der Waals surface area contributed by atoms with Crippen LogP contribution in [0.3, 0.4) is 0 Å².